The Balaban J connectivity index is 1.95. The van der Waals surface area contributed by atoms with Crippen molar-refractivity contribution in [2.45, 2.75) is 12.5 Å². The minimum atomic E-state index is -0.395. The monoisotopic (exact) mass is 317 g/mol. The van der Waals surface area contributed by atoms with E-state index in [0.717, 1.165) is 15.8 Å². The van der Waals surface area contributed by atoms with Crippen LogP contribution in [0.1, 0.15) is 22.8 Å². The predicted octanol–water partition coefficient (Wildman–Crippen LogP) is 4.14. The van der Waals surface area contributed by atoms with Crippen molar-refractivity contribution in [2.75, 3.05) is 0 Å². The van der Waals surface area contributed by atoms with Crippen molar-refractivity contribution >= 4 is 15.9 Å². The van der Waals surface area contributed by atoms with Crippen molar-refractivity contribution in [3.8, 4) is 11.8 Å². The Labute approximate surface area is 118 Å². The Bertz CT molecular complexity index is 693. The molecule has 0 spiro atoms. The van der Waals surface area contributed by atoms with Crippen molar-refractivity contribution < 1.29 is 9.13 Å². The maximum Gasteiger partial charge on any atom is 0.131 e. The van der Waals surface area contributed by atoms with Gasteiger partial charge in [-0.1, -0.05) is 28.1 Å². The van der Waals surface area contributed by atoms with Gasteiger partial charge in [-0.25, -0.2) is 4.39 Å². The van der Waals surface area contributed by atoms with Crippen molar-refractivity contribution in [1.82, 2.24) is 0 Å². The lowest BCUT2D eigenvalue weighted by atomic mass is 10.0. The van der Waals surface area contributed by atoms with Gasteiger partial charge in [-0.2, -0.15) is 5.26 Å². The average molecular weight is 318 g/mol. The van der Waals surface area contributed by atoms with Crippen LogP contribution in [0.15, 0.2) is 40.9 Å². The largest absolute Gasteiger partial charge is 0.485 e. The zero-order valence-electron chi connectivity index (χ0n) is 9.86. The second-order valence-corrected chi connectivity index (χ2v) is 5.23. The smallest absolute Gasteiger partial charge is 0.131 e. The van der Waals surface area contributed by atoms with E-state index in [1.807, 2.05) is 24.3 Å². The van der Waals surface area contributed by atoms with E-state index in [4.69, 9.17) is 10.00 Å². The number of rotatable bonds is 1. The first-order valence-electron chi connectivity index (χ1n) is 5.82. The van der Waals surface area contributed by atoms with Crippen LogP contribution in [-0.4, -0.2) is 0 Å². The molecule has 19 heavy (non-hydrogen) atoms. The first-order valence-corrected chi connectivity index (χ1v) is 6.62. The van der Waals surface area contributed by atoms with Crippen LogP contribution in [0.2, 0.25) is 0 Å². The number of nitrogens with zero attached hydrogens (tertiary/aromatic N) is 1. The molecule has 0 amide bonds. The van der Waals surface area contributed by atoms with Crippen molar-refractivity contribution in [1.29, 1.82) is 5.26 Å². The Morgan fingerprint density at radius 3 is 2.84 bits per heavy atom. The molecule has 1 atom stereocenters. The van der Waals surface area contributed by atoms with Crippen molar-refractivity contribution in [3.63, 3.8) is 0 Å². The molecule has 0 radical (unpaired) electrons. The molecule has 2 aromatic rings. The minimum absolute atomic E-state index is 0.318. The van der Waals surface area contributed by atoms with Crippen LogP contribution in [0.5, 0.6) is 5.75 Å². The Kier molecular flexibility index (Phi) is 3.00. The van der Waals surface area contributed by atoms with Crippen LogP contribution in [0.25, 0.3) is 0 Å². The van der Waals surface area contributed by atoms with E-state index in [1.54, 1.807) is 12.1 Å². The third-order valence-corrected chi connectivity index (χ3v) is 3.95. The second kappa shape index (κ2) is 4.67. The van der Waals surface area contributed by atoms with Gasteiger partial charge in [-0.15, -0.1) is 0 Å². The average Bonchev–Trinajstić information content (AvgIpc) is 2.83. The number of ether oxygens (including phenoxy) is 1. The molecule has 0 saturated heterocycles. The highest BCUT2D eigenvalue weighted by Crippen LogP contribution is 2.40. The Morgan fingerprint density at radius 1 is 1.32 bits per heavy atom. The molecule has 1 aliphatic rings. The van der Waals surface area contributed by atoms with E-state index >= 15 is 0 Å². The van der Waals surface area contributed by atoms with Gasteiger partial charge in [0.25, 0.3) is 0 Å². The topological polar surface area (TPSA) is 33.0 Å². The standard InChI is InChI=1S/C15H9BrFNO/c16-12-2-1-3-14-11(12)7-15(19-14)10-5-4-9(8-18)6-13(10)17/h1-6,15H,7H2. The van der Waals surface area contributed by atoms with Gasteiger partial charge in [0.1, 0.15) is 17.7 Å². The van der Waals surface area contributed by atoms with Crippen LogP contribution in [0.4, 0.5) is 4.39 Å². The molecular weight excluding hydrogens is 309 g/mol. The van der Waals surface area contributed by atoms with Crippen LogP contribution < -0.4 is 4.74 Å². The molecule has 0 aliphatic carbocycles. The van der Waals surface area contributed by atoms with E-state index < -0.39 is 5.82 Å². The van der Waals surface area contributed by atoms with Gasteiger partial charge < -0.3 is 4.74 Å². The predicted molar refractivity (Wildman–Crippen MR) is 72.3 cm³/mol. The first kappa shape index (κ1) is 12.2. The number of fused-ring (bicyclic) bond motifs is 1. The van der Waals surface area contributed by atoms with Gasteiger partial charge in [0.2, 0.25) is 0 Å². The van der Waals surface area contributed by atoms with Gasteiger partial charge in [-0.3, -0.25) is 0 Å². The summed E-state index contributed by atoms with van der Waals surface area (Å²) in [4.78, 5) is 0. The third kappa shape index (κ3) is 2.11. The van der Waals surface area contributed by atoms with Gasteiger partial charge in [-0.05, 0) is 24.3 Å². The summed E-state index contributed by atoms with van der Waals surface area (Å²) in [6.45, 7) is 0. The first-order chi connectivity index (χ1) is 9.19. The fourth-order valence-corrected chi connectivity index (χ4v) is 2.77. The van der Waals surface area contributed by atoms with Gasteiger partial charge in [0.05, 0.1) is 11.6 Å². The van der Waals surface area contributed by atoms with Crippen LogP contribution in [0.3, 0.4) is 0 Å². The van der Waals surface area contributed by atoms with Gasteiger partial charge in [0.15, 0.2) is 0 Å². The van der Waals surface area contributed by atoms with Crippen LogP contribution >= 0.6 is 15.9 Å². The normalized spacial score (nSPS) is 16.6. The van der Waals surface area contributed by atoms with Crippen molar-refractivity contribution in [2.24, 2.45) is 0 Å². The zero-order chi connectivity index (χ0) is 13.4. The molecule has 0 N–H and O–H groups in total. The van der Waals surface area contributed by atoms with Crippen LogP contribution in [0, 0.1) is 17.1 Å². The molecular formula is C15H9BrFNO. The molecule has 2 aromatic carbocycles. The maximum absolute atomic E-state index is 14.0. The lowest BCUT2D eigenvalue weighted by Gasteiger charge is -2.11. The number of hydrogen-bond acceptors (Lipinski definition) is 2. The summed E-state index contributed by atoms with van der Waals surface area (Å²) in [5.74, 6) is 0.385. The highest BCUT2D eigenvalue weighted by Gasteiger charge is 2.28. The summed E-state index contributed by atoms with van der Waals surface area (Å²) >= 11 is 3.47. The molecule has 4 heteroatoms. The number of hydrogen-bond donors (Lipinski definition) is 0. The molecule has 1 heterocycles. The molecule has 3 rings (SSSR count). The highest BCUT2D eigenvalue weighted by atomic mass is 79.9. The molecule has 1 aliphatic heterocycles. The molecule has 0 aromatic heterocycles. The molecule has 2 nitrogen and oxygen atoms in total. The minimum Gasteiger partial charge on any atom is -0.485 e. The third-order valence-electron chi connectivity index (χ3n) is 3.21. The highest BCUT2D eigenvalue weighted by molar-refractivity contribution is 9.10. The van der Waals surface area contributed by atoms with E-state index in [2.05, 4.69) is 15.9 Å². The molecule has 94 valence electrons. The fraction of sp³-hybridized carbons (Fsp3) is 0.133. The molecule has 0 bridgehead atoms. The van der Waals surface area contributed by atoms with Gasteiger partial charge >= 0.3 is 0 Å². The molecule has 0 saturated carbocycles. The quantitative estimate of drug-likeness (QED) is 0.792. The summed E-state index contributed by atoms with van der Waals surface area (Å²) in [5.41, 5.74) is 1.86. The van der Waals surface area contributed by atoms with E-state index in [0.29, 0.717) is 17.5 Å². The summed E-state index contributed by atoms with van der Waals surface area (Å²) in [6, 6.07) is 12.1. The molecule has 1 unspecified atom stereocenters. The van der Waals surface area contributed by atoms with Crippen molar-refractivity contribution in [3.05, 3.63) is 63.4 Å². The Hall–Kier alpha value is -1.86. The number of benzene rings is 2. The second-order valence-electron chi connectivity index (χ2n) is 4.38. The number of halogens is 2. The maximum atomic E-state index is 14.0. The summed E-state index contributed by atoms with van der Waals surface area (Å²) in [5, 5.41) is 8.74. The Morgan fingerprint density at radius 2 is 2.16 bits per heavy atom. The SMILES string of the molecule is N#Cc1ccc(C2Cc3c(Br)cccc3O2)c(F)c1. The lowest BCUT2D eigenvalue weighted by Crippen LogP contribution is -2.06. The van der Waals surface area contributed by atoms with Crippen LogP contribution in [-0.2, 0) is 6.42 Å². The summed E-state index contributed by atoms with van der Waals surface area (Å²) < 4.78 is 20.7. The van der Waals surface area contributed by atoms with E-state index in [1.165, 1.54) is 6.07 Å². The van der Waals surface area contributed by atoms with Gasteiger partial charge in [0, 0.05) is 22.0 Å². The van der Waals surface area contributed by atoms with E-state index in [9.17, 15) is 4.39 Å². The summed E-state index contributed by atoms with van der Waals surface area (Å²) in [7, 11) is 0. The summed E-state index contributed by atoms with van der Waals surface area (Å²) in [6.07, 6.45) is 0.293. The lowest BCUT2D eigenvalue weighted by molar-refractivity contribution is 0.233. The van der Waals surface area contributed by atoms with E-state index in [-0.39, 0.29) is 6.10 Å². The fourth-order valence-electron chi connectivity index (χ4n) is 2.26. The number of nitriles is 1. The molecule has 0 fully saturated rings. The zero-order valence-corrected chi connectivity index (χ0v) is 11.4.